The number of fused-ring (bicyclic) bond motifs is 1. The highest BCUT2D eigenvalue weighted by Gasteiger charge is 2.27. The number of ether oxygens (including phenoxy) is 2. The highest BCUT2D eigenvalue weighted by molar-refractivity contribution is 6.34. The van der Waals surface area contributed by atoms with Gasteiger partial charge in [-0.3, -0.25) is 4.79 Å². The van der Waals surface area contributed by atoms with E-state index < -0.39 is 11.9 Å². The first-order valence-electron chi connectivity index (χ1n) is 14.6. The highest BCUT2D eigenvalue weighted by Crippen LogP contribution is 2.38. The number of nitrogens with one attached hydrogen (secondary N) is 1. The van der Waals surface area contributed by atoms with Crippen LogP contribution in [0.3, 0.4) is 0 Å². The molecule has 2 N–H and O–H groups in total. The summed E-state index contributed by atoms with van der Waals surface area (Å²) in [5, 5.41) is 15.0. The largest absolute Gasteiger partial charge is 0.506 e. The van der Waals surface area contributed by atoms with E-state index in [2.05, 4.69) is 59.0 Å². The van der Waals surface area contributed by atoms with Crippen molar-refractivity contribution in [3.63, 3.8) is 0 Å². The molecule has 0 aliphatic carbocycles. The fourth-order valence-electron chi connectivity index (χ4n) is 4.75. The molecule has 0 heterocycles. The number of phenolic OH excluding ortho intramolecular Hbond substituents is 1. The highest BCUT2D eigenvalue weighted by atomic mass is 35.5. The lowest BCUT2D eigenvalue weighted by atomic mass is 9.76. The standard InChI is InChI=1S/C36H40ClNO5/c1-7-35(3,4)25-15-18-31(28(22-25)36(5,6)8-2)42-19-20-43-34(41)24-14-17-29(37)30(21-24)38-33(40)27-16-13-23-11-9-10-12-26(23)32(27)39/h9-18,21-22,39H,7-8,19-20H2,1-6H3,(H,38,40). The SMILES string of the molecule is CCC(C)(C)c1ccc(OCCOC(=O)c2ccc(Cl)c(NC(=O)c3ccc4ccccc4c3O)c2)c(C(C)(C)CC)c1. The molecule has 43 heavy (non-hydrogen) atoms. The van der Waals surface area contributed by atoms with Gasteiger partial charge in [-0.05, 0) is 65.0 Å². The number of carbonyl (C=O) groups excluding carboxylic acids is 2. The van der Waals surface area contributed by atoms with Crippen LogP contribution in [0.5, 0.6) is 11.5 Å². The van der Waals surface area contributed by atoms with Crippen LogP contribution in [0.4, 0.5) is 5.69 Å². The van der Waals surface area contributed by atoms with Gasteiger partial charge in [0.2, 0.25) is 0 Å². The summed E-state index contributed by atoms with van der Waals surface area (Å²) < 4.78 is 11.6. The number of hydrogen-bond acceptors (Lipinski definition) is 5. The molecule has 4 rings (SSSR count). The Hall–Kier alpha value is -4.03. The van der Waals surface area contributed by atoms with Gasteiger partial charge >= 0.3 is 5.97 Å². The third kappa shape index (κ3) is 7.14. The summed E-state index contributed by atoms with van der Waals surface area (Å²) in [5.74, 6) is -0.467. The number of halogens is 1. The second-order valence-corrected chi connectivity index (χ2v) is 12.4. The van der Waals surface area contributed by atoms with E-state index in [1.807, 2.05) is 18.2 Å². The third-order valence-electron chi connectivity index (χ3n) is 8.43. The van der Waals surface area contributed by atoms with Crippen molar-refractivity contribution >= 4 is 39.9 Å². The lowest BCUT2D eigenvalue weighted by Gasteiger charge is -2.30. The summed E-state index contributed by atoms with van der Waals surface area (Å²) in [4.78, 5) is 25.9. The van der Waals surface area contributed by atoms with E-state index >= 15 is 0 Å². The zero-order chi connectivity index (χ0) is 31.4. The molecule has 0 aliphatic rings. The fourth-order valence-corrected chi connectivity index (χ4v) is 4.91. The van der Waals surface area contributed by atoms with Gasteiger partial charge in [0.1, 0.15) is 24.7 Å². The summed E-state index contributed by atoms with van der Waals surface area (Å²) in [6, 6.07) is 21.4. The number of carbonyl (C=O) groups is 2. The average molecular weight is 602 g/mol. The van der Waals surface area contributed by atoms with Crippen LogP contribution in [0, 0.1) is 0 Å². The van der Waals surface area contributed by atoms with Crippen molar-refractivity contribution in [2.75, 3.05) is 18.5 Å². The number of rotatable bonds is 11. The Morgan fingerprint density at radius 1 is 0.860 bits per heavy atom. The monoisotopic (exact) mass is 601 g/mol. The molecule has 0 spiro atoms. The number of aromatic hydroxyl groups is 1. The molecule has 0 saturated heterocycles. The Bertz CT molecular complexity index is 1640. The van der Waals surface area contributed by atoms with Crippen molar-refractivity contribution in [2.24, 2.45) is 0 Å². The normalized spacial score (nSPS) is 11.8. The van der Waals surface area contributed by atoms with Gasteiger partial charge in [-0.15, -0.1) is 0 Å². The van der Waals surface area contributed by atoms with Gasteiger partial charge in [0.15, 0.2) is 0 Å². The Labute approximate surface area is 259 Å². The van der Waals surface area contributed by atoms with E-state index in [0.717, 1.165) is 29.5 Å². The summed E-state index contributed by atoms with van der Waals surface area (Å²) in [5.41, 5.74) is 2.92. The molecular formula is C36H40ClNO5. The maximum atomic E-state index is 13.0. The number of hydrogen-bond donors (Lipinski definition) is 2. The van der Waals surface area contributed by atoms with Gasteiger partial charge in [-0.25, -0.2) is 4.79 Å². The summed E-state index contributed by atoms with van der Waals surface area (Å²) in [6.45, 7) is 13.5. The van der Waals surface area contributed by atoms with Crippen LogP contribution in [-0.4, -0.2) is 30.2 Å². The number of amides is 1. The van der Waals surface area contributed by atoms with Crippen LogP contribution in [0.1, 0.15) is 86.2 Å². The van der Waals surface area contributed by atoms with Crippen molar-refractivity contribution in [1.29, 1.82) is 0 Å². The van der Waals surface area contributed by atoms with Gasteiger partial charge in [0.05, 0.1) is 21.8 Å². The maximum Gasteiger partial charge on any atom is 0.338 e. The van der Waals surface area contributed by atoms with E-state index in [4.69, 9.17) is 21.1 Å². The first-order valence-corrected chi connectivity index (χ1v) is 15.0. The van der Waals surface area contributed by atoms with Crippen molar-refractivity contribution < 1.29 is 24.2 Å². The molecule has 1 amide bonds. The van der Waals surface area contributed by atoms with Gasteiger partial charge in [0.25, 0.3) is 5.91 Å². The second kappa shape index (κ2) is 13.1. The van der Waals surface area contributed by atoms with Crippen molar-refractivity contribution in [2.45, 2.75) is 65.2 Å². The minimum Gasteiger partial charge on any atom is -0.506 e. The van der Waals surface area contributed by atoms with Crippen LogP contribution in [-0.2, 0) is 15.6 Å². The average Bonchev–Trinajstić information content (AvgIpc) is 3.00. The van der Waals surface area contributed by atoms with E-state index in [-0.39, 0.29) is 51.6 Å². The van der Waals surface area contributed by atoms with E-state index in [1.54, 1.807) is 24.3 Å². The van der Waals surface area contributed by atoms with Crippen LogP contribution in [0.15, 0.2) is 72.8 Å². The third-order valence-corrected chi connectivity index (χ3v) is 8.76. The first-order chi connectivity index (χ1) is 20.4. The molecule has 7 heteroatoms. The molecule has 0 radical (unpaired) electrons. The van der Waals surface area contributed by atoms with Crippen molar-refractivity contribution in [3.8, 4) is 11.5 Å². The molecule has 0 fully saturated rings. The van der Waals surface area contributed by atoms with E-state index in [9.17, 15) is 14.7 Å². The van der Waals surface area contributed by atoms with Crippen LogP contribution in [0.2, 0.25) is 5.02 Å². The summed E-state index contributed by atoms with van der Waals surface area (Å²) >= 11 is 6.32. The van der Waals surface area contributed by atoms with Crippen LogP contribution in [0.25, 0.3) is 10.8 Å². The minimum atomic E-state index is -0.571. The van der Waals surface area contributed by atoms with Crippen LogP contribution < -0.4 is 10.1 Å². The molecule has 6 nitrogen and oxygen atoms in total. The molecule has 0 unspecified atom stereocenters. The lowest BCUT2D eigenvalue weighted by molar-refractivity contribution is 0.0449. The molecule has 0 atom stereocenters. The fraction of sp³-hybridized carbons (Fsp3) is 0.333. The predicted molar refractivity (Wildman–Crippen MR) is 174 cm³/mol. The molecule has 0 saturated carbocycles. The smallest absolute Gasteiger partial charge is 0.338 e. The predicted octanol–water partition coefficient (Wildman–Crippen LogP) is 9.06. The molecule has 0 aliphatic heterocycles. The van der Waals surface area contributed by atoms with E-state index in [0.29, 0.717) is 5.39 Å². The molecular weight excluding hydrogens is 562 g/mol. The molecule has 4 aromatic carbocycles. The number of phenols is 1. The molecule has 0 bridgehead atoms. The number of benzene rings is 4. The zero-order valence-corrected chi connectivity index (χ0v) is 26.5. The maximum absolute atomic E-state index is 13.0. The summed E-state index contributed by atoms with van der Waals surface area (Å²) in [6.07, 6.45) is 1.97. The Morgan fingerprint density at radius 2 is 1.58 bits per heavy atom. The van der Waals surface area contributed by atoms with Crippen molar-refractivity contribution in [3.05, 3.63) is 100 Å². The van der Waals surface area contributed by atoms with Gasteiger partial charge in [-0.2, -0.15) is 0 Å². The quantitative estimate of drug-likeness (QED) is 0.132. The van der Waals surface area contributed by atoms with Crippen molar-refractivity contribution in [1.82, 2.24) is 0 Å². The topological polar surface area (TPSA) is 84.9 Å². The lowest BCUT2D eigenvalue weighted by Crippen LogP contribution is -2.22. The second-order valence-electron chi connectivity index (χ2n) is 12.0. The van der Waals surface area contributed by atoms with Gasteiger partial charge < -0.3 is 19.9 Å². The Balaban J connectivity index is 1.42. The minimum absolute atomic E-state index is 0.0440. The first kappa shape index (κ1) is 31.9. The molecule has 4 aromatic rings. The van der Waals surface area contributed by atoms with E-state index in [1.165, 1.54) is 23.8 Å². The summed E-state index contributed by atoms with van der Waals surface area (Å²) in [7, 11) is 0. The van der Waals surface area contributed by atoms with Gasteiger partial charge in [-0.1, -0.05) is 95.6 Å². The Morgan fingerprint density at radius 3 is 2.30 bits per heavy atom. The van der Waals surface area contributed by atoms with Crippen LogP contribution >= 0.6 is 11.6 Å². The number of esters is 1. The molecule has 226 valence electrons. The molecule has 0 aromatic heterocycles. The van der Waals surface area contributed by atoms with Gasteiger partial charge in [0, 0.05) is 10.9 Å². The Kier molecular flexibility index (Phi) is 9.71. The number of anilines is 1. The zero-order valence-electron chi connectivity index (χ0n) is 25.7.